The quantitative estimate of drug-likeness (QED) is 0.0894. The van der Waals surface area contributed by atoms with Gasteiger partial charge in [-0.1, -0.05) is 5.16 Å². The van der Waals surface area contributed by atoms with E-state index >= 15 is 0 Å². The molecule has 0 bridgehead atoms. The summed E-state index contributed by atoms with van der Waals surface area (Å²) in [6.07, 6.45) is 0.600. The molecule has 4 heterocycles. The van der Waals surface area contributed by atoms with Crippen LogP contribution in [0.5, 0.6) is 0 Å². The predicted molar refractivity (Wildman–Crippen MR) is 146 cm³/mol. The van der Waals surface area contributed by atoms with Gasteiger partial charge in [0.25, 0.3) is 11.8 Å². The van der Waals surface area contributed by atoms with Crippen LogP contribution in [0.25, 0.3) is 0 Å². The SMILES string of the molecule is CC(C)(C)C(=O)OCOC(=O)C1=C(SCC2CCOCO2)CSC2C(NC(=O)/C(=N\O)c3csc(N)n3)C(=O)N12. The molecule has 0 radical (unpaired) electrons. The van der Waals surface area contributed by atoms with E-state index in [-0.39, 0.29) is 29.4 Å². The van der Waals surface area contributed by atoms with Crippen molar-refractivity contribution in [3.05, 3.63) is 21.7 Å². The topological polar surface area (TPSA) is 192 Å². The number of oxime groups is 1. The molecule has 2 fully saturated rings. The van der Waals surface area contributed by atoms with Crippen LogP contribution in [0.3, 0.4) is 0 Å². The second kappa shape index (κ2) is 12.8. The van der Waals surface area contributed by atoms with Gasteiger partial charge >= 0.3 is 11.9 Å². The number of rotatable bonds is 9. The molecule has 2 amide bonds. The average Bonchev–Trinajstić information content (AvgIpc) is 3.35. The number of anilines is 1. The minimum Gasteiger partial charge on any atom is -0.427 e. The number of ether oxygens (including phenoxy) is 4. The Hall–Kier alpha value is -2.86. The van der Waals surface area contributed by atoms with E-state index in [1.165, 1.54) is 33.8 Å². The average molecular weight is 616 g/mol. The van der Waals surface area contributed by atoms with Crippen LogP contribution in [0.2, 0.25) is 0 Å². The third-order valence-electron chi connectivity index (χ3n) is 5.90. The van der Waals surface area contributed by atoms with E-state index in [0.29, 0.717) is 29.4 Å². The number of aromatic nitrogens is 1. The highest BCUT2D eigenvalue weighted by Crippen LogP contribution is 2.44. The molecule has 0 aliphatic carbocycles. The van der Waals surface area contributed by atoms with Gasteiger partial charge in [-0.15, -0.1) is 34.9 Å². The van der Waals surface area contributed by atoms with E-state index in [1.54, 1.807) is 20.8 Å². The molecule has 1 aromatic heterocycles. The summed E-state index contributed by atoms with van der Waals surface area (Å²) in [5.74, 6) is -1.90. The van der Waals surface area contributed by atoms with Crippen molar-refractivity contribution in [2.45, 2.75) is 44.7 Å². The highest BCUT2D eigenvalue weighted by atomic mass is 32.2. The van der Waals surface area contributed by atoms with E-state index in [4.69, 9.17) is 24.7 Å². The molecule has 17 heteroatoms. The highest BCUT2D eigenvalue weighted by molar-refractivity contribution is 8.06. The van der Waals surface area contributed by atoms with Gasteiger partial charge in [-0.2, -0.15) is 0 Å². The summed E-state index contributed by atoms with van der Waals surface area (Å²) in [5, 5.41) is 15.9. The number of thiazole rings is 1. The Balaban J connectivity index is 1.48. The zero-order chi connectivity index (χ0) is 29.0. The van der Waals surface area contributed by atoms with Gasteiger partial charge in [0.05, 0.1) is 18.1 Å². The third kappa shape index (κ3) is 6.71. The van der Waals surface area contributed by atoms with Crippen molar-refractivity contribution in [3.63, 3.8) is 0 Å². The molecule has 0 spiro atoms. The van der Waals surface area contributed by atoms with Gasteiger partial charge in [0.2, 0.25) is 6.79 Å². The monoisotopic (exact) mass is 615 g/mol. The Labute approximate surface area is 242 Å². The largest absolute Gasteiger partial charge is 0.427 e. The maximum Gasteiger partial charge on any atom is 0.358 e. The number of nitrogens with two attached hydrogens (primary N) is 1. The number of hydrogen-bond acceptors (Lipinski definition) is 15. The summed E-state index contributed by atoms with van der Waals surface area (Å²) < 4.78 is 21.1. The molecule has 2 saturated heterocycles. The van der Waals surface area contributed by atoms with Crippen LogP contribution in [0, 0.1) is 5.41 Å². The number of β-lactam (4-membered cyclic amide) rings is 1. The minimum absolute atomic E-state index is 0.0199. The standard InChI is InChI=1S/C23H29N5O9S3/c1-23(2,3)21(32)37-10-36-20(31)16-13(38-6-11-4-5-34-9-35-11)8-39-19-15(18(30)28(16)19)26-17(29)14(27-33)12-7-40-22(24)25-12/h7,11,15,19,33H,4-6,8-10H2,1-3H3,(H2,24,25)(H,26,29)/b27-14-. The fourth-order valence-electron chi connectivity index (χ4n) is 3.76. The van der Waals surface area contributed by atoms with Crippen molar-refractivity contribution in [1.29, 1.82) is 0 Å². The van der Waals surface area contributed by atoms with Crippen molar-refractivity contribution in [2.24, 2.45) is 10.6 Å². The normalized spacial score (nSPS) is 23.3. The van der Waals surface area contributed by atoms with Crippen molar-refractivity contribution in [2.75, 3.05) is 37.4 Å². The summed E-state index contributed by atoms with van der Waals surface area (Å²) in [4.78, 5) is 57.1. The van der Waals surface area contributed by atoms with Gasteiger partial charge in [0, 0.05) is 21.8 Å². The fourth-order valence-corrected chi connectivity index (χ4v) is 7.01. The first kappa shape index (κ1) is 30.1. The number of amides is 2. The number of nitrogens with one attached hydrogen (secondary N) is 1. The zero-order valence-electron chi connectivity index (χ0n) is 21.9. The molecule has 4 rings (SSSR count). The molecule has 0 saturated carbocycles. The van der Waals surface area contributed by atoms with Crippen LogP contribution in [0.4, 0.5) is 5.13 Å². The molecule has 14 nitrogen and oxygen atoms in total. The second-order valence-electron chi connectivity index (χ2n) is 9.80. The Morgan fingerprint density at radius 3 is 2.75 bits per heavy atom. The van der Waals surface area contributed by atoms with Gasteiger partial charge in [-0.25, -0.2) is 9.78 Å². The smallest absolute Gasteiger partial charge is 0.358 e. The lowest BCUT2D eigenvalue weighted by Gasteiger charge is -2.49. The molecule has 40 heavy (non-hydrogen) atoms. The Bertz CT molecular complexity index is 1220. The van der Waals surface area contributed by atoms with E-state index in [0.717, 1.165) is 11.3 Å². The van der Waals surface area contributed by atoms with Crippen LogP contribution in [-0.4, -0.2) is 93.8 Å². The second-order valence-corrected chi connectivity index (χ2v) is 12.9. The lowest BCUT2D eigenvalue weighted by molar-refractivity contribution is -0.173. The molecular weight excluding hydrogens is 586 g/mol. The number of esters is 2. The van der Waals surface area contributed by atoms with Crippen LogP contribution < -0.4 is 11.1 Å². The first-order valence-electron chi connectivity index (χ1n) is 12.1. The number of hydrogen-bond donors (Lipinski definition) is 3. The highest BCUT2D eigenvalue weighted by Gasteiger charge is 2.55. The molecule has 0 aromatic carbocycles. The third-order valence-corrected chi connectivity index (χ3v) is 9.26. The van der Waals surface area contributed by atoms with Crippen LogP contribution in [-0.2, 0) is 38.1 Å². The lowest BCUT2D eigenvalue weighted by atomic mass is 9.98. The number of fused-ring (bicyclic) bond motifs is 1. The summed E-state index contributed by atoms with van der Waals surface area (Å²) in [6.45, 7) is 5.13. The van der Waals surface area contributed by atoms with Crippen molar-refractivity contribution in [3.8, 4) is 0 Å². The molecule has 3 aliphatic heterocycles. The number of carbonyl (C=O) groups excluding carboxylic acids is 4. The van der Waals surface area contributed by atoms with Gasteiger partial charge in [0.1, 0.15) is 29.6 Å². The van der Waals surface area contributed by atoms with Gasteiger partial charge < -0.3 is 35.2 Å². The van der Waals surface area contributed by atoms with Gasteiger partial charge in [0.15, 0.2) is 10.8 Å². The molecular formula is C23H29N5O9S3. The van der Waals surface area contributed by atoms with Gasteiger partial charge in [-0.3, -0.25) is 19.3 Å². The molecule has 1 aromatic rings. The van der Waals surface area contributed by atoms with Crippen LogP contribution in [0.1, 0.15) is 32.9 Å². The summed E-state index contributed by atoms with van der Waals surface area (Å²) in [6, 6.07) is -1.00. The van der Waals surface area contributed by atoms with Crippen molar-refractivity contribution in [1.82, 2.24) is 15.2 Å². The van der Waals surface area contributed by atoms with Crippen molar-refractivity contribution < 1.29 is 43.3 Å². The first-order chi connectivity index (χ1) is 19.0. The number of thioether (sulfide) groups is 2. The molecule has 218 valence electrons. The fraction of sp³-hybridized carbons (Fsp3) is 0.565. The number of nitrogen functional groups attached to an aromatic ring is 1. The maximum atomic E-state index is 13.2. The molecule has 3 unspecified atom stereocenters. The minimum atomic E-state index is -1.00. The predicted octanol–water partition coefficient (Wildman–Crippen LogP) is 1.10. The first-order valence-corrected chi connectivity index (χ1v) is 15.0. The zero-order valence-corrected chi connectivity index (χ0v) is 24.4. The Morgan fingerprint density at radius 1 is 1.35 bits per heavy atom. The molecule has 4 N–H and O–H groups in total. The Morgan fingerprint density at radius 2 is 2.12 bits per heavy atom. The van der Waals surface area contributed by atoms with E-state index in [9.17, 15) is 24.4 Å². The number of carbonyl (C=O) groups is 4. The summed E-state index contributed by atoms with van der Waals surface area (Å²) in [7, 11) is 0. The molecule has 3 atom stereocenters. The van der Waals surface area contributed by atoms with E-state index < -0.39 is 53.1 Å². The van der Waals surface area contributed by atoms with Crippen LogP contribution >= 0.6 is 34.9 Å². The van der Waals surface area contributed by atoms with E-state index in [1.807, 2.05) is 0 Å². The van der Waals surface area contributed by atoms with Gasteiger partial charge in [-0.05, 0) is 27.2 Å². The summed E-state index contributed by atoms with van der Waals surface area (Å²) in [5.41, 5.74) is 4.49. The Kier molecular flexibility index (Phi) is 9.60. The summed E-state index contributed by atoms with van der Waals surface area (Å²) >= 11 is 3.78. The lowest BCUT2D eigenvalue weighted by Crippen LogP contribution is -2.71. The van der Waals surface area contributed by atoms with E-state index in [2.05, 4.69) is 15.5 Å². The number of nitrogens with zero attached hydrogens (tertiary/aromatic N) is 3. The van der Waals surface area contributed by atoms with Crippen LogP contribution in [0.15, 0.2) is 21.1 Å². The molecule has 3 aliphatic rings. The maximum absolute atomic E-state index is 13.2. The van der Waals surface area contributed by atoms with Crippen molar-refractivity contribution >= 4 is 69.5 Å².